The van der Waals surface area contributed by atoms with Gasteiger partial charge < -0.3 is 24.3 Å². The molecule has 2 aromatic heterocycles. The number of fused-ring (bicyclic) bond motifs is 2. The SMILES string of the molecule is O=C(Nc1nc2cc(N3CCOCC3=O)ccc2n1CCCO)c1ccc2nc[nH]c2c1. The van der Waals surface area contributed by atoms with E-state index in [1.807, 2.05) is 22.8 Å². The summed E-state index contributed by atoms with van der Waals surface area (Å²) in [6.07, 6.45) is 2.09. The van der Waals surface area contributed by atoms with Crippen LogP contribution in [0, 0.1) is 0 Å². The molecule has 0 saturated carbocycles. The number of hydrogen-bond donors (Lipinski definition) is 3. The average Bonchev–Trinajstić information content (AvgIpc) is 3.41. The fourth-order valence-electron chi connectivity index (χ4n) is 3.88. The van der Waals surface area contributed by atoms with Crippen LogP contribution in [0.25, 0.3) is 22.1 Å². The molecular weight excluding hydrogens is 412 g/mol. The van der Waals surface area contributed by atoms with E-state index >= 15 is 0 Å². The number of benzene rings is 2. The molecule has 4 aromatic rings. The van der Waals surface area contributed by atoms with Gasteiger partial charge in [0.1, 0.15) is 6.61 Å². The molecular formula is C22H22N6O4. The summed E-state index contributed by atoms with van der Waals surface area (Å²) in [6.45, 7) is 1.53. The van der Waals surface area contributed by atoms with Crippen LogP contribution in [0.15, 0.2) is 42.7 Å². The molecule has 164 valence electrons. The van der Waals surface area contributed by atoms with E-state index in [2.05, 4.69) is 20.3 Å². The third-order valence-corrected chi connectivity index (χ3v) is 5.48. The Bertz CT molecular complexity index is 1310. The Labute approximate surface area is 182 Å². The number of aromatic amines is 1. The van der Waals surface area contributed by atoms with Crippen molar-refractivity contribution in [1.29, 1.82) is 0 Å². The van der Waals surface area contributed by atoms with E-state index in [-0.39, 0.29) is 25.0 Å². The zero-order chi connectivity index (χ0) is 22.1. The van der Waals surface area contributed by atoms with Crippen LogP contribution in [-0.4, -0.2) is 62.8 Å². The number of aromatic nitrogens is 4. The highest BCUT2D eigenvalue weighted by molar-refractivity contribution is 6.06. The second-order valence-electron chi connectivity index (χ2n) is 7.52. The van der Waals surface area contributed by atoms with Gasteiger partial charge >= 0.3 is 0 Å². The first-order valence-electron chi connectivity index (χ1n) is 10.4. The molecule has 0 bridgehead atoms. The minimum atomic E-state index is -0.300. The van der Waals surface area contributed by atoms with Crippen molar-refractivity contribution in [3.8, 4) is 0 Å². The van der Waals surface area contributed by atoms with Gasteiger partial charge in [0.05, 0.1) is 35.0 Å². The van der Waals surface area contributed by atoms with Gasteiger partial charge in [-0.2, -0.15) is 0 Å². The third-order valence-electron chi connectivity index (χ3n) is 5.48. The van der Waals surface area contributed by atoms with Crippen molar-refractivity contribution < 1.29 is 19.4 Å². The van der Waals surface area contributed by atoms with Crippen molar-refractivity contribution in [2.45, 2.75) is 13.0 Å². The molecule has 0 atom stereocenters. The monoisotopic (exact) mass is 434 g/mol. The molecule has 3 heterocycles. The maximum absolute atomic E-state index is 12.9. The molecule has 1 aliphatic rings. The molecule has 1 fully saturated rings. The minimum absolute atomic E-state index is 0.0178. The Hall–Kier alpha value is -3.76. The lowest BCUT2D eigenvalue weighted by Gasteiger charge is -2.26. The zero-order valence-corrected chi connectivity index (χ0v) is 17.2. The number of ether oxygens (including phenoxy) is 1. The highest BCUT2D eigenvalue weighted by Gasteiger charge is 2.22. The van der Waals surface area contributed by atoms with Crippen LogP contribution in [0.2, 0.25) is 0 Å². The lowest BCUT2D eigenvalue weighted by atomic mass is 10.2. The van der Waals surface area contributed by atoms with Crippen LogP contribution in [0.3, 0.4) is 0 Å². The van der Waals surface area contributed by atoms with Crippen LogP contribution >= 0.6 is 0 Å². The summed E-state index contributed by atoms with van der Waals surface area (Å²) in [6, 6.07) is 10.8. The first kappa shape index (κ1) is 20.2. The number of carbonyl (C=O) groups excluding carboxylic acids is 2. The van der Waals surface area contributed by atoms with Crippen LogP contribution in [0.5, 0.6) is 0 Å². The molecule has 1 saturated heterocycles. The molecule has 0 radical (unpaired) electrons. The van der Waals surface area contributed by atoms with Gasteiger partial charge in [-0.25, -0.2) is 9.97 Å². The van der Waals surface area contributed by atoms with E-state index < -0.39 is 0 Å². The molecule has 10 nitrogen and oxygen atoms in total. The highest BCUT2D eigenvalue weighted by Crippen LogP contribution is 2.27. The van der Waals surface area contributed by atoms with Crippen molar-refractivity contribution in [1.82, 2.24) is 19.5 Å². The topological polar surface area (TPSA) is 125 Å². The molecule has 2 aromatic carbocycles. The van der Waals surface area contributed by atoms with Crippen molar-refractivity contribution in [2.75, 3.05) is 36.6 Å². The molecule has 0 unspecified atom stereocenters. The van der Waals surface area contributed by atoms with Crippen molar-refractivity contribution in [2.24, 2.45) is 0 Å². The molecule has 3 N–H and O–H groups in total. The van der Waals surface area contributed by atoms with E-state index in [1.165, 1.54) is 0 Å². The van der Waals surface area contributed by atoms with E-state index in [9.17, 15) is 14.7 Å². The maximum Gasteiger partial charge on any atom is 0.258 e. The Balaban J connectivity index is 1.48. The first-order valence-corrected chi connectivity index (χ1v) is 10.4. The predicted molar refractivity (Wildman–Crippen MR) is 119 cm³/mol. The van der Waals surface area contributed by atoms with Gasteiger partial charge in [-0.1, -0.05) is 0 Å². The molecule has 0 spiro atoms. The second kappa shape index (κ2) is 8.40. The smallest absolute Gasteiger partial charge is 0.258 e. The third kappa shape index (κ3) is 3.70. The number of carbonyl (C=O) groups is 2. The summed E-state index contributed by atoms with van der Waals surface area (Å²) < 4.78 is 7.07. The number of rotatable bonds is 6. The van der Waals surface area contributed by atoms with Gasteiger partial charge in [0.2, 0.25) is 5.95 Å². The number of nitrogens with zero attached hydrogens (tertiary/aromatic N) is 4. The lowest BCUT2D eigenvalue weighted by molar-refractivity contribution is -0.125. The van der Waals surface area contributed by atoms with Crippen molar-refractivity contribution >= 4 is 45.5 Å². The number of aryl methyl sites for hydroxylation is 1. The first-order chi connectivity index (χ1) is 15.6. The summed E-state index contributed by atoms with van der Waals surface area (Å²) in [4.78, 5) is 38.6. The van der Waals surface area contributed by atoms with Crippen LogP contribution in [-0.2, 0) is 16.1 Å². The maximum atomic E-state index is 12.9. The van der Waals surface area contributed by atoms with Crippen molar-refractivity contribution in [3.63, 3.8) is 0 Å². The molecule has 5 rings (SSSR count). The Morgan fingerprint density at radius 1 is 1.22 bits per heavy atom. The Morgan fingerprint density at radius 2 is 2.12 bits per heavy atom. The normalized spacial score (nSPS) is 14.4. The number of aliphatic hydroxyl groups is 1. The predicted octanol–water partition coefficient (Wildman–Crippen LogP) is 1.91. The summed E-state index contributed by atoms with van der Waals surface area (Å²) in [5, 5.41) is 12.2. The molecule has 2 amide bonds. The minimum Gasteiger partial charge on any atom is -0.396 e. The molecule has 0 aliphatic carbocycles. The number of amides is 2. The van der Waals surface area contributed by atoms with Gasteiger partial charge in [-0.15, -0.1) is 0 Å². The van der Waals surface area contributed by atoms with E-state index in [0.29, 0.717) is 43.1 Å². The largest absolute Gasteiger partial charge is 0.396 e. The van der Waals surface area contributed by atoms with Crippen LogP contribution < -0.4 is 10.2 Å². The van der Waals surface area contributed by atoms with Crippen LogP contribution in [0.1, 0.15) is 16.8 Å². The number of aliphatic hydroxyl groups excluding tert-OH is 1. The van der Waals surface area contributed by atoms with Crippen LogP contribution in [0.4, 0.5) is 11.6 Å². The fraction of sp³-hybridized carbons (Fsp3) is 0.273. The van der Waals surface area contributed by atoms with E-state index in [0.717, 1.165) is 22.2 Å². The highest BCUT2D eigenvalue weighted by atomic mass is 16.5. The second-order valence-corrected chi connectivity index (χ2v) is 7.52. The van der Waals surface area contributed by atoms with Gasteiger partial charge in [-0.3, -0.25) is 14.9 Å². The summed E-state index contributed by atoms with van der Waals surface area (Å²) in [7, 11) is 0. The molecule has 10 heteroatoms. The molecule has 32 heavy (non-hydrogen) atoms. The summed E-state index contributed by atoms with van der Waals surface area (Å²) in [5.41, 5.74) is 4.22. The average molecular weight is 434 g/mol. The van der Waals surface area contributed by atoms with E-state index in [1.54, 1.807) is 29.4 Å². The Morgan fingerprint density at radius 3 is 2.97 bits per heavy atom. The number of H-pyrrole nitrogens is 1. The number of hydrogen-bond acceptors (Lipinski definition) is 6. The quantitative estimate of drug-likeness (QED) is 0.426. The Kier molecular flexibility index (Phi) is 5.29. The van der Waals surface area contributed by atoms with Gasteiger partial charge in [0, 0.05) is 30.9 Å². The number of morpholine rings is 1. The van der Waals surface area contributed by atoms with Gasteiger partial charge in [0.15, 0.2) is 0 Å². The van der Waals surface area contributed by atoms with Crippen molar-refractivity contribution in [3.05, 3.63) is 48.3 Å². The lowest BCUT2D eigenvalue weighted by Crippen LogP contribution is -2.41. The number of nitrogens with one attached hydrogen (secondary N) is 2. The number of imidazole rings is 2. The number of anilines is 2. The summed E-state index contributed by atoms with van der Waals surface area (Å²) >= 11 is 0. The van der Waals surface area contributed by atoms with E-state index in [4.69, 9.17) is 4.74 Å². The standard InChI is InChI=1S/C22H22N6O4/c29-8-1-6-28-19-5-3-15(27-7-9-32-12-20(27)30)11-18(19)25-22(28)26-21(31)14-2-4-16-17(10-14)24-13-23-16/h2-5,10-11,13,29H,1,6-9,12H2,(H,23,24)(H,25,26,31). The summed E-state index contributed by atoms with van der Waals surface area (Å²) in [5.74, 6) is -0.0164. The van der Waals surface area contributed by atoms with Gasteiger partial charge in [0.25, 0.3) is 11.8 Å². The fourth-order valence-corrected chi connectivity index (χ4v) is 3.88. The molecule has 1 aliphatic heterocycles. The van der Waals surface area contributed by atoms with Gasteiger partial charge in [-0.05, 0) is 42.8 Å². The zero-order valence-electron chi connectivity index (χ0n) is 17.2.